The second-order valence-electron chi connectivity index (χ2n) is 4.04. The van der Waals surface area contributed by atoms with Gasteiger partial charge in [-0.25, -0.2) is 13.1 Å². The van der Waals surface area contributed by atoms with E-state index in [9.17, 15) is 8.42 Å². The van der Waals surface area contributed by atoms with Gasteiger partial charge in [-0.1, -0.05) is 0 Å². The van der Waals surface area contributed by atoms with Gasteiger partial charge in [-0.3, -0.25) is 0 Å². The van der Waals surface area contributed by atoms with Crippen LogP contribution in [0.15, 0.2) is 5.03 Å². The van der Waals surface area contributed by atoms with Crippen LogP contribution in [0.2, 0.25) is 0 Å². The summed E-state index contributed by atoms with van der Waals surface area (Å²) in [7, 11) is -1.70. The molecule has 1 aromatic heterocycles. The van der Waals surface area contributed by atoms with Gasteiger partial charge in [-0.15, -0.1) is 0 Å². The molecule has 0 amide bonds. The van der Waals surface area contributed by atoms with Crippen molar-refractivity contribution >= 4 is 21.3 Å². The second kappa shape index (κ2) is 4.19. The van der Waals surface area contributed by atoms with Crippen molar-refractivity contribution in [2.24, 2.45) is 7.05 Å². The van der Waals surface area contributed by atoms with Gasteiger partial charge in [-0.2, -0.15) is 5.10 Å². The van der Waals surface area contributed by atoms with E-state index in [4.69, 9.17) is 10.5 Å². The summed E-state index contributed by atoms with van der Waals surface area (Å²) >= 11 is 0. The lowest BCUT2D eigenvalue weighted by Gasteiger charge is -2.28. The maximum Gasteiger partial charge on any atom is 0.201 e. The number of nitrogen functional groups attached to an aromatic ring is 1. The Hall–Kier alpha value is -1.28. The molecule has 7 nitrogen and oxygen atoms in total. The number of anilines is 2. The highest BCUT2D eigenvalue weighted by Crippen LogP contribution is 2.29. The van der Waals surface area contributed by atoms with E-state index in [1.807, 2.05) is 4.90 Å². The number of ether oxygens (including phenoxy) is 1. The lowest BCUT2D eigenvalue weighted by Crippen LogP contribution is -2.37. The van der Waals surface area contributed by atoms with Gasteiger partial charge in [0.25, 0.3) is 0 Å². The number of hydrogen-bond donors (Lipinski definition) is 1. The number of nitrogens with zero attached hydrogens (tertiary/aromatic N) is 3. The monoisotopic (exact) mass is 260 g/mol. The van der Waals surface area contributed by atoms with Gasteiger partial charge in [0, 0.05) is 26.4 Å². The van der Waals surface area contributed by atoms with Crippen LogP contribution in [0.5, 0.6) is 0 Å². The molecule has 1 fully saturated rings. The summed E-state index contributed by atoms with van der Waals surface area (Å²) < 4.78 is 29.8. The minimum absolute atomic E-state index is 0.0542. The minimum atomic E-state index is -3.39. The van der Waals surface area contributed by atoms with Crippen LogP contribution in [-0.2, 0) is 21.6 Å². The molecule has 0 unspecified atom stereocenters. The molecular weight excluding hydrogens is 244 g/mol. The van der Waals surface area contributed by atoms with Crippen molar-refractivity contribution in [1.82, 2.24) is 9.78 Å². The van der Waals surface area contributed by atoms with Crippen molar-refractivity contribution in [3.63, 3.8) is 0 Å². The fourth-order valence-corrected chi connectivity index (χ4v) is 2.69. The first-order chi connectivity index (χ1) is 7.91. The number of rotatable bonds is 2. The molecule has 0 saturated carbocycles. The predicted molar refractivity (Wildman–Crippen MR) is 63.8 cm³/mol. The van der Waals surface area contributed by atoms with E-state index in [0.29, 0.717) is 32.1 Å². The Morgan fingerprint density at radius 1 is 1.35 bits per heavy atom. The van der Waals surface area contributed by atoms with Gasteiger partial charge in [0.15, 0.2) is 15.7 Å². The molecule has 2 N–H and O–H groups in total. The topological polar surface area (TPSA) is 90.5 Å². The molecule has 1 aromatic rings. The van der Waals surface area contributed by atoms with E-state index >= 15 is 0 Å². The summed E-state index contributed by atoms with van der Waals surface area (Å²) in [4.78, 5) is 1.99. The summed E-state index contributed by atoms with van der Waals surface area (Å²) in [5, 5.41) is 3.92. The highest BCUT2D eigenvalue weighted by molar-refractivity contribution is 7.90. The standard InChI is InChI=1S/C9H16N4O3S/c1-12-9(13-3-5-16-6-4-13)7(10)8(11-12)17(2,14)15/h3-6,10H2,1-2H3. The fraction of sp³-hybridized carbons (Fsp3) is 0.667. The Morgan fingerprint density at radius 2 is 1.94 bits per heavy atom. The Labute approximate surface area is 100 Å². The van der Waals surface area contributed by atoms with E-state index in [1.165, 1.54) is 4.68 Å². The second-order valence-corrected chi connectivity index (χ2v) is 5.97. The summed E-state index contributed by atoms with van der Waals surface area (Å²) in [6.45, 7) is 2.59. The molecule has 17 heavy (non-hydrogen) atoms. The first-order valence-corrected chi connectivity index (χ1v) is 7.15. The zero-order valence-electron chi connectivity index (χ0n) is 9.88. The van der Waals surface area contributed by atoms with Gasteiger partial charge >= 0.3 is 0 Å². The van der Waals surface area contributed by atoms with Crippen molar-refractivity contribution in [2.45, 2.75) is 5.03 Å². The van der Waals surface area contributed by atoms with Gasteiger partial charge in [0.05, 0.1) is 13.2 Å². The zero-order valence-corrected chi connectivity index (χ0v) is 10.7. The summed E-state index contributed by atoms with van der Waals surface area (Å²) in [5.41, 5.74) is 6.10. The fourth-order valence-electron chi connectivity index (χ4n) is 1.93. The van der Waals surface area contributed by atoms with Gasteiger partial charge < -0.3 is 15.4 Å². The van der Waals surface area contributed by atoms with E-state index in [0.717, 1.165) is 6.26 Å². The summed E-state index contributed by atoms with van der Waals surface area (Å²) in [6, 6.07) is 0. The maximum absolute atomic E-state index is 11.5. The quantitative estimate of drug-likeness (QED) is 0.752. The van der Waals surface area contributed by atoms with Crippen molar-refractivity contribution < 1.29 is 13.2 Å². The van der Waals surface area contributed by atoms with E-state index in [2.05, 4.69) is 5.10 Å². The molecule has 8 heteroatoms. The molecule has 0 atom stereocenters. The SMILES string of the molecule is Cn1nc(S(C)(=O)=O)c(N)c1N1CCOCC1. The highest BCUT2D eigenvalue weighted by Gasteiger charge is 2.25. The van der Waals surface area contributed by atoms with E-state index in [1.54, 1.807) is 7.05 Å². The maximum atomic E-state index is 11.5. The van der Waals surface area contributed by atoms with E-state index in [-0.39, 0.29) is 10.7 Å². The van der Waals surface area contributed by atoms with Gasteiger partial charge in [0.2, 0.25) is 5.03 Å². The Kier molecular flexibility index (Phi) is 3.00. The average molecular weight is 260 g/mol. The first kappa shape index (κ1) is 12.2. The van der Waals surface area contributed by atoms with Crippen LogP contribution < -0.4 is 10.6 Å². The summed E-state index contributed by atoms with van der Waals surface area (Å²) in [5.74, 6) is 0.647. The predicted octanol–water partition coefficient (Wildman–Crippen LogP) is -0.758. The largest absolute Gasteiger partial charge is 0.393 e. The molecule has 2 heterocycles. The van der Waals surface area contributed by atoms with Crippen LogP contribution in [0.3, 0.4) is 0 Å². The number of aryl methyl sites for hydroxylation is 1. The van der Waals surface area contributed by atoms with Crippen molar-refractivity contribution in [3.8, 4) is 0 Å². The van der Waals surface area contributed by atoms with Crippen LogP contribution >= 0.6 is 0 Å². The molecule has 1 saturated heterocycles. The van der Waals surface area contributed by atoms with Crippen LogP contribution in [-0.4, -0.2) is 50.8 Å². The zero-order chi connectivity index (χ0) is 12.6. The number of morpholine rings is 1. The normalized spacial score (nSPS) is 17.4. The Balaban J connectivity index is 2.44. The molecule has 0 aliphatic carbocycles. The number of nitrogens with two attached hydrogens (primary N) is 1. The van der Waals surface area contributed by atoms with Crippen molar-refractivity contribution in [1.29, 1.82) is 0 Å². The van der Waals surface area contributed by atoms with Crippen LogP contribution in [0.1, 0.15) is 0 Å². The minimum Gasteiger partial charge on any atom is -0.393 e. The first-order valence-electron chi connectivity index (χ1n) is 5.26. The molecule has 1 aliphatic rings. The molecular formula is C9H16N4O3S. The van der Waals surface area contributed by atoms with Crippen LogP contribution in [0.4, 0.5) is 11.5 Å². The molecule has 0 spiro atoms. The number of aromatic nitrogens is 2. The number of hydrogen-bond acceptors (Lipinski definition) is 6. The lowest BCUT2D eigenvalue weighted by molar-refractivity contribution is 0.122. The Bertz CT molecular complexity index is 517. The molecule has 0 radical (unpaired) electrons. The highest BCUT2D eigenvalue weighted by atomic mass is 32.2. The van der Waals surface area contributed by atoms with Crippen molar-refractivity contribution in [2.75, 3.05) is 43.2 Å². The lowest BCUT2D eigenvalue weighted by atomic mass is 10.4. The van der Waals surface area contributed by atoms with Crippen LogP contribution in [0.25, 0.3) is 0 Å². The summed E-state index contributed by atoms with van der Waals surface area (Å²) in [6.07, 6.45) is 1.11. The molecule has 1 aliphatic heterocycles. The van der Waals surface area contributed by atoms with E-state index < -0.39 is 9.84 Å². The number of sulfone groups is 1. The molecule has 2 rings (SSSR count). The smallest absolute Gasteiger partial charge is 0.201 e. The molecule has 96 valence electrons. The molecule has 0 aromatic carbocycles. The van der Waals surface area contributed by atoms with Crippen LogP contribution in [0, 0.1) is 0 Å². The third-order valence-corrected chi connectivity index (χ3v) is 3.68. The third-order valence-electron chi connectivity index (χ3n) is 2.68. The van der Waals surface area contributed by atoms with Crippen molar-refractivity contribution in [3.05, 3.63) is 0 Å². The molecule has 0 bridgehead atoms. The average Bonchev–Trinajstić information content (AvgIpc) is 2.55. The Morgan fingerprint density at radius 3 is 2.41 bits per heavy atom. The van der Waals surface area contributed by atoms with Gasteiger partial charge in [0.1, 0.15) is 5.69 Å². The van der Waals surface area contributed by atoms with Gasteiger partial charge in [-0.05, 0) is 0 Å². The third kappa shape index (κ3) is 2.22.